The van der Waals surface area contributed by atoms with Crippen LogP contribution in [0.1, 0.15) is 34.3 Å². The second-order valence-corrected chi connectivity index (χ2v) is 10.3. The molecule has 2 aliphatic rings. The number of amides is 1. The number of hydrogen-bond acceptors (Lipinski definition) is 4. The number of piperazine rings is 1. The molecule has 154 valence electrons. The van der Waals surface area contributed by atoms with Gasteiger partial charge < -0.3 is 10.0 Å². The highest BCUT2D eigenvalue weighted by molar-refractivity contribution is 9.10. The fourth-order valence-corrected chi connectivity index (χ4v) is 5.84. The number of phenols is 1. The Morgan fingerprint density at radius 2 is 1.62 bits per heavy atom. The molecule has 0 saturated carbocycles. The van der Waals surface area contributed by atoms with E-state index in [9.17, 15) is 18.3 Å². The summed E-state index contributed by atoms with van der Waals surface area (Å²) in [6.45, 7) is 1.05. The second-order valence-electron chi connectivity index (χ2n) is 7.50. The third-order valence-electron chi connectivity index (χ3n) is 5.67. The van der Waals surface area contributed by atoms with Crippen LogP contribution < -0.4 is 0 Å². The van der Waals surface area contributed by atoms with Crippen LogP contribution in [-0.2, 0) is 22.9 Å². The monoisotopic (exact) mass is 478 g/mol. The molecule has 2 aromatic rings. The van der Waals surface area contributed by atoms with Gasteiger partial charge in [-0.2, -0.15) is 4.31 Å². The van der Waals surface area contributed by atoms with Crippen LogP contribution in [0.25, 0.3) is 0 Å². The normalized spacial score (nSPS) is 17.8. The van der Waals surface area contributed by atoms with E-state index < -0.39 is 10.0 Å². The highest BCUT2D eigenvalue weighted by atomic mass is 79.9. The van der Waals surface area contributed by atoms with Crippen LogP contribution in [0.15, 0.2) is 45.8 Å². The van der Waals surface area contributed by atoms with Crippen molar-refractivity contribution >= 4 is 31.9 Å². The molecule has 1 fully saturated rings. The van der Waals surface area contributed by atoms with Gasteiger partial charge in [0.05, 0.1) is 10.5 Å². The summed E-state index contributed by atoms with van der Waals surface area (Å²) >= 11 is 3.31. The van der Waals surface area contributed by atoms with Crippen LogP contribution in [-0.4, -0.2) is 54.8 Å². The zero-order valence-electron chi connectivity index (χ0n) is 16.0. The molecule has 4 rings (SSSR count). The van der Waals surface area contributed by atoms with Crippen molar-refractivity contribution in [2.75, 3.05) is 26.2 Å². The number of sulfonamides is 1. The van der Waals surface area contributed by atoms with Gasteiger partial charge in [0.15, 0.2) is 0 Å². The Morgan fingerprint density at radius 3 is 2.34 bits per heavy atom. The maximum atomic E-state index is 13.1. The SMILES string of the molecule is O=C(c1cc(Br)ccc1O)N1CCN(S(=O)(=O)c2ccc3c(c2)CCCC3)CC1. The molecule has 1 aliphatic carbocycles. The zero-order chi connectivity index (χ0) is 20.6. The molecule has 0 aromatic heterocycles. The first-order valence-corrected chi connectivity index (χ1v) is 12.0. The number of halogens is 1. The predicted molar refractivity (Wildman–Crippen MR) is 114 cm³/mol. The van der Waals surface area contributed by atoms with Crippen molar-refractivity contribution in [1.29, 1.82) is 0 Å². The molecule has 0 unspecified atom stereocenters. The minimum Gasteiger partial charge on any atom is -0.507 e. The Kier molecular flexibility index (Phi) is 5.68. The Morgan fingerprint density at radius 1 is 0.931 bits per heavy atom. The summed E-state index contributed by atoms with van der Waals surface area (Å²) in [7, 11) is -3.59. The van der Waals surface area contributed by atoms with Crippen LogP contribution in [0.5, 0.6) is 5.75 Å². The van der Waals surface area contributed by atoms with E-state index >= 15 is 0 Å². The molecule has 29 heavy (non-hydrogen) atoms. The maximum Gasteiger partial charge on any atom is 0.257 e. The average molecular weight is 479 g/mol. The summed E-state index contributed by atoms with van der Waals surface area (Å²) < 4.78 is 28.3. The average Bonchev–Trinajstić information content (AvgIpc) is 2.74. The summed E-state index contributed by atoms with van der Waals surface area (Å²) in [6, 6.07) is 10.2. The van der Waals surface area contributed by atoms with Gasteiger partial charge in [-0.3, -0.25) is 4.79 Å². The first-order valence-electron chi connectivity index (χ1n) is 9.76. The molecule has 1 amide bonds. The molecule has 2 aromatic carbocycles. The van der Waals surface area contributed by atoms with Crippen LogP contribution in [0.4, 0.5) is 0 Å². The van der Waals surface area contributed by atoms with Gasteiger partial charge in [-0.1, -0.05) is 22.0 Å². The number of carbonyl (C=O) groups is 1. The van der Waals surface area contributed by atoms with Gasteiger partial charge in [-0.25, -0.2) is 8.42 Å². The second kappa shape index (κ2) is 8.08. The molecule has 1 aliphatic heterocycles. The summed E-state index contributed by atoms with van der Waals surface area (Å²) in [6.07, 6.45) is 4.19. The fraction of sp³-hybridized carbons (Fsp3) is 0.381. The van der Waals surface area contributed by atoms with Crippen molar-refractivity contribution in [1.82, 2.24) is 9.21 Å². The number of aryl methyl sites for hydroxylation is 2. The van der Waals surface area contributed by atoms with Crippen molar-refractivity contribution in [2.45, 2.75) is 30.6 Å². The maximum absolute atomic E-state index is 13.1. The lowest BCUT2D eigenvalue weighted by atomic mass is 9.92. The molecule has 0 bridgehead atoms. The van der Waals surface area contributed by atoms with E-state index in [1.165, 1.54) is 15.9 Å². The molecule has 0 spiro atoms. The van der Waals surface area contributed by atoms with E-state index in [0.29, 0.717) is 9.37 Å². The number of carbonyl (C=O) groups excluding carboxylic acids is 1. The number of rotatable bonds is 3. The van der Waals surface area contributed by atoms with Gasteiger partial charge in [-0.05, 0) is 67.1 Å². The van der Waals surface area contributed by atoms with Gasteiger partial charge in [0.2, 0.25) is 10.0 Å². The van der Waals surface area contributed by atoms with Crippen molar-refractivity contribution in [3.05, 3.63) is 57.6 Å². The first kappa shape index (κ1) is 20.4. The van der Waals surface area contributed by atoms with Gasteiger partial charge in [0.1, 0.15) is 5.75 Å². The number of aromatic hydroxyl groups is 1. The largest absolute Gasteiger partial charge is 0.507 e. The summed E-state index contributed by atoms with van der Waals surface area (Å²) in [4.78, 5) is 14.7. The van der Waals surface area contributed by atoms with Crippen LogP contribution in [0, 0.1) is 0 Å². The van der Waals surface area contributed by atoms with E-state index in [1.807, 2.05) is 12.1 Å². The molecular formula is C21H23BrN2O4S. The smallest absolute Gasteiger partial charge is 0.257 e. The lowest BCUT2D eigenvalue weighted by Crippen LogP contribution is -2.50. The Hall–Kier alpha value is -1.90. The Labute approximate surface area is 179 Å². The van der Waals surface area contributed by atoms with Crippen molar-refractivity contribution in [2.24, 2.45) is 0 Å². The fourth-order valence-electron chi connectivity index (χ4n) is 4.00. The number of fused-ring (bicyclic) bond motifs is 1. The lowest BCUT2D eigenvalue weighted by Gasteiger charge is -2.34. The number of nitrogens with zero attached hydrogens (tertiary/aromatic N) is 2. The van der Waals surface area contributed by atoms with E-state index in [1.54, 1.807) is 23.1 Å². The highest BCUT2D eigenvalue weighted by Crippen LogP contribution is 2.27. The molecule has 1 heterocycles. The number of hydrogen-bond donors (Lipinski definition) is 1. The van der Waals surface area contributed by atoms with Crippen LogP contribution in [0.2, 0.25) is 0 Å². The van der Waals surface area contributed by atoms with Gasteiger partial charge >= 0.3 is 0 Å². The molecule has 0 atom stereocenters. The Balaban J connectivity index is 1.47. The zero-order valence-corrected chi connectivity index (χ0v) is 18.4. The van der Waals surface area contributed by atoms with Crippen molar-refractivity contribution < 1.29 is 18.3 Å². The highest BCUT2D eigenvalue weighted by Gasteiger charge is 2.31. The van der Waals surface area contributed by atoms with E-state index in [2.05, 4.69) is 15.9 Å². The predicted octanol–water partition coefficient (Wildman–Crippen LogP) is 3.18. The van der Waals surface area contributed by atoms with E-state index in [4.69, 9.17) is 0 Å². The summed E-state index contributed by atoms with van der Waals surface area (Å²) in [5, 5.41) is 9.99. The van der Waals surface area contributed by atoms with Gasteiger partial charge in [-0.15, -0.1) is 0 Å². The first-order chi connectivity index (χ1) is 13.9. The molecular weight excluding hydrogens is 456 g/mol. The summed E-state index contributed by atoms with van der Waals surface area (Å²) in [5.41, 5.74) is 2.60. The molecule has 0 radical (unpaired) electrons. The minimum atomic E-state index is -3.59. The van der Waals surface area contributed by atoms with Crippen molar-refractivity contribution in [3.63, 3.8) is 0 Å². The lowest BCUT2D eigenvalue weighted by molar-refractivity contribution is 0.0695. The van der Waals surface area contributed by atoms with Gasteiger partial charge in [0.25, 0.3) is 5.91 Å². The number of phenolic OH excluding ortho intramolecular Hbond substituents is 1. The standard InChI is InChI=1S/C21H23BrN2O4S/c22-17-6-8-20(25)19(14-17)21(26)23-9-11-24(12-10-23)29(27,28)18-7-5-15-3-1-2-4-16(15)13-18/h5-8,13-14,25H,1-4,9-12H2. The Bertz CT molecular complexity index is 1050. The summed E-state index contributed by atoms with van der Waals surface area (Å²) in [5.74, 6) is -0.378. The third kappa shape index (κ3) is 4.06. The van der Waals surface area contributed by atoms with Crippen LogP contribution in [0.3, 0.4) is 0 Å². The minimum absolute atomic E-state index is 0.0812. The molecule has 1 N–H and O–H groups in total. The number of benzene rings is 2. The van der Waals surface area contributed by atoms with E-state index in [-0.39, 0.29) is 43.4 Å². The van der Waals surface area contributed by atoms with Gasteiger partial charge in [0, 0.05) is 30.7 Å². The molecule has 8 heteroatoms. The van der Waals surface area contributed by atoms with E-state index in [0.717, 1.165) is 31.2 Å². The third-order valence-corrected chi connectivity index (χ3v) is 8.06. The molecule has 6 nitrogen and oxygen atoms in total. The topological polar surface area (TPSA) is 77.9 Å². The quantitative estimate of drug-likeness (QED) is 0.734. The van der Waals surface area contributed by atoms with Crippen molar-refractivity contribution in [3.8, 4) is 5.75 Å². The molecule has 1 saturated heterocycles. The van der Waals surface area contributed by atoms with Crippen LogP contribution >= 0.6 is 15.9 Å².